The molecule has 1 heteroatoms. The predicted molar refractivity (Wildman–Crippen MR) is 84.2 cm³/mol. The number of pyridine rings is 1. The smallest absolute Gasteiger partial charge is 0.0270 e. The van der Waals surface area contributed by atoms with Gasteiger partial charge in [0.15, 0.2) is 0 Å². The molecular formula is C18H25N. The zero-order chi connectivity index (χ0) is 14.0. The van der Waals surface area contributed by atoms with Crippen molar-refractivity contribution in [1.29, 1.82) is 0 Å². The zero-order valence-electron chi connectivity index (χ0n) is 12.3. The highest BCUT2D eigenvalue weighted by Crippen LogP contribution is 2.36. The highest BCUT2D eigenvalue weighted by molar-refractivity contribution is 5.27. The quantitative estimate of drug-likeness (QED) is 0.609. The van der Waals surface area contributed by atoms with Crippen molar-refractivity contribution in [2.45, 2.75) is 45.4 Å². The van der Waals surface area contributed by atoms with E-state index in [0.717, 1.165) is 19.3 Å². The second-order valence-corrected chi connectivity index (χ2v) is 4.84. The molecule has 0 N–H and O–H groups in total. The van der Waals surface area contributed by atoms with Gasteiger partial charge in [0.05, 0.1) is 0 Å². The molecule has 0 saturated heterocycles. The summed E-state index contributed by atoms with van der Waals surface area (Å²) in [6.07, 6.45) is 20.2. The Labute approximate surface area is 117 Å². The van der Waals surface area contributed by atoms with Gasteiger partial charge in [-0.15, -0.1) is 0 Å². The summed E-state index contributed by atoms with van der Waals surface area (Å²) in [5, 5.41) is 0. The van der Waals surface area contributed by atoms with Crippen LogP contribution in [0.15, 0.2) is 61.0 Å². The molecule has 1 rings (SSSR count). The standard InChI is InChI=1S/C18H25N/c1-4-7-12-18(13-8-5-2,14-9-6-3)17-10-15-19-16-11-17/h4-11,15-16H,12-14H2,1-3H3. The van der Waals surface area contributed by atoms with Crippen LogP contribution in [0, 0.1) is 0 Å². The molecule has 0 aromatic carbocycles. The topological polar surface area (TPSA) is 12.9 Å². The van der Waals surface area contributed by atoms with Crippen molar-refractivity contribution in [1.82, 2.24) is 4.98 Å². The summed E-state index contributed by atoms with van der Waals surface area (Å²) in [5.74, 6) is 0. The molecule has 0 spiro atoms. The Bertz CT molecular complexity index is 390. The first-order valence-electron chi connectivity index (χ1n) is 7.03. The van der Waals surface area contributed by atoms with Gasteiger partial charge in [-0.3, -0.25) is 4.98 Å². The fraction of sp³-hybridized carbons (Fsp3) is 0.389. The number of hydrogen-bond donors (Lipinski definition) is 0. The lowest BCUT2D eigenvalue weighted by Crippen LogP contribution is -2.24. The monoisotopic (exact) mass is 255 g/mol. The van der Waals surface area contributed by atoms with E-state index < -0.39 is 0 Å². The first-order valence-corrected chi connectivity index (χ1v) is 7.03. The Morgan fingerprint density at radius 3 is 1.63 bits per heavy atom. The first-order chi connectivity index (χ1) is 9.29. The molecule has 1 heterocycles. The SMILES string of the molecule is CC=CCC(CC=CC)(CC=CC)c1ccncc1. The Hall–Kier alpha value is -1.63. The van der Waals surface area contributed by atoms with Gasteiger partial charge in [0.25, 0.3) is 0 Å². The first kappa shape index (κ1) is 15.4. The maximum absolute atomic E-state index is 4.15. The van der Waals surface area contributed by atoms with E-state index in [-0.39, 0.29) is 5.41 Å². The molecule has 1 nitrogen and oxygen atoms in total. The van der Waals surface area contributed by atoms with E-state index in [0.29, 0.717) is 0 Å². The molecule has 19 heavy (non-hydrogen) atoms. The molecule has 0 amide bonds. The molecule has 0 aliphatic carbocycles. The Kier molecular flexibility index (Phi) is 6.88. The summed E-state index contributed by atoms with van der Waals surface area (Å²) >= 11 is 0. The van der Waals surface area contributed by atoms with Crippen molar-refractivity contribution in [3.05, 3.63) is 66.5 Å². The lowest BCUT2D eigenvalue weighted by Gasteiger charge is -2.32. The van der Waals surface area contributed by atoms with E-state index in [1.54, 1.807) is 0 Å². The molecule has 0 radical (unpaired) electrons. The van der Waals surface area contributed by atoms with Crippen LogP contribution >= 0.6 is 0 Å². The minimum absolute atomic E-state index is 0.147. The highest BCUT2D eigenvalue weighted by Gasteiger charge is 2.28. The number of aromatic nitrogens is 1. The van der Waals surface area contributed by atoms with E-state index in [4.69, 9.17) is 0 Å². The molecule has 0 saturated carbocycles. The van der Waals surface area contributed by atoms with Crippen molar-refractivity contribution in [3.8, 4) is 0 Å². The summed E-state index contributed by atoms with van der Waals surface area (Å²) in [4.78, 5) is 4.15. The van der Waals surface area contributed by atoms with Gasteiger partial charge in [0.2, 0.25) is 0 Å². The van der Waals surface area contributed by atoms with Gasteiger partial charge < -0.3 is 0 Å². The molecular weight excluding hydrogens is 230 g/mol. The van der Waals surface area contributed by atoms with E-state index in [9.17, 15) is 0 Å². The van der Waals surface area contributed by atoms with Gasteiger partial charge in [-0.05, 0) is 57.7 Å². The number of hydrogen-bond acceptors (Lipinski definition) is 1. The van der Waals surface area contributed by atoms with Crippen LogP contribution < -0.4 is 0 Å². The predicted octanol–water partition coefficient (Wildman–Crippen LogP) is 5.22. The molecule has 0 atom stereocenters. The van der Waals surface area contributed by atoms with Crippen molar-refractivity contribution in [2.24, 2.45) is 0 Å². The van der Waals surface area contributed by atoms with E-state index in [1.807, 2.05) is 12.4 Å². The second kappa shape index (κ2) is 8.47. The van der Waals surface area contributed by atoms with Crippen LogP contribution in [-0.4, -0.2) is 4.98 Å². The largest absolute Gasteiger partial charge is 0.265 e. The van der Waals surface area contributed by atoms with Gasteiger partial charge >= 0.3 is 0 Å². The fourth-order valence-corrected chi connectivity index (χ4v) is 2.34. The van der Waals surface area contributed by atoms with Crippen molar-refractivity contribution in [2.75, 3.05) is 0 Å². The normalized spacial score (nSPS) is 15.5. The molecule has 0 aliphatic rings. The molecule has 1 aromatic heterocycles. The summed E-state index contributed by atoms with van der Waals surface area (Å²) in [5.41, 5.74) is 1.52. The Morgan fingerprint density at radius 2 is 1.26 bits per heavy atom. The Balaban J connectivity index is 3.15. The molecule has 0 fully saturated rings. The third kappa shape index (κ3) is 4.51. The van der Waals surface area contributed by atoms with E-state index in [1.165, 1.54) is 5.56 Å². The van der Waals surface area contributed by atoms with Crippen LogP contribution in [0.1, 0.15) is 45.6 Å². The average Bonchev–Trinajstić information content (AvgIpc) is 2.48. The summed E-state index contributed by atoms with van der Waals surface area (Å²) in [6, 6.07) is 4.30. The summed E-state index contributed by atoms with van der Waals surface area (Å²) in [7, 11) is 0. The highest BCUT2D eigenvalue weighted by atomic mass is 14.6. The van der Waals surface area contributed by atoms with Crippen molar-refractivity contribution < 1.29 is 0 Å². The Morgan fingerprint density at radius 1 is 0.842 bits per heavy atom. The minimum Gasteiger partial charge on any atom is -0.265 e. The van der Waals surface area contributed by atoms with Crippen LogP contribution in [0.3, 0.4) is 0 Å². The molecule has 0 bridgehead atoms. The van der Waals surface area contributed by atoms with E-state index >= 15 is 0 Å². The van der Waals surface area contributed by atoms with Gasteiger partial charge in [0, 0.05) is 17.8 Å². The van der Waals surface area contributed by atoms with Crippen LogP contribution in [0.2, 0.25) is 0 Å². The molecule has 102 valence electrons. The van der Waals surface area contributed by atoms with Gasteiger partial charge in [0.1, 0.15) is 0 Å². The molecule has 1 aromatic rings. The fourth-order valence-electron chi connectivity index (χ4n) is 2.34. The second-order valence-electron chi connectivity index (χ2n) is 4.84. The van der Waals surface area contributed by atoms with Crippen molar-refractivity contribution >= 4 is 0 Å². The maximum Gasteiger partial charge on any atom is 0.0270 e. The molecule has 0 unspecified atom stereocenters. The summed E-state index contributed by atoms with van der Waals surface area (Å²) < 4.78 is 0. The lowest BCUT2D eigenvalue weighted by atomic mass is 9.72. The number of allylic oxidation sites excluding steroid dienone is 6. The molecule has 0 aliphatic heterocycles. The average molecular weight is 255 g/mol. The number of rotatable bonds is 7. The zero-order valence-corrected chi connectivity index (χ0v) is 12.3. The number of nitrogens with zero attached hydrogens (tertiary/aromatic N) is 1. The van der Waals surface area contributed by atoms with E-state index in [2.05, 4.69) is 74.3 Å². The van der Waals surface area contributed by atoms with Gasteiger partial charge in [-0.25, -0.2) is 0 Å². The minimum atomic E-state index is 0.147. The summed E-state index contributed by atoms with van der Waals surface area (Å²) in [6.45, 7) is 6.26. The third-order valence-corrected chi connectivity index (χ3v) is 3.53. The van der Waals surface area contributed by atoms with Crippen LogP contribution in [-0.2, 0) is 5.41 Å². The van der Waals surface area contributed by atoms with Crippen molar-refractivity contribution in [3.63, 3.8) is 0 Å². The lowest BCUT2D eigenvalue weighted by molar-refractivity contribution is 0.440. The van der Waals surface area contributed by atoms with Gasteiger partial charge in [-0.2, -0.15) is 0 Å². The maximum atomic E-state index is 4.15. The van der Waals surface area contributed by atoms with Crippen LogP contribution in [0.25, 0.3) is 0 Å². The third-order valence-electron chi connectivity index (χ3n) is 3.53. The van der Waals surface area contributed by atoms with Crippen LogP contribution in [0.5, 0.6) is 0 Å². The van der Waals surface area contributed by atoms with Gasteiger partial charge in [-0.1, -0.05) is 36.5 Å². The van der Waals surface area contributed by atoms with Crippen LogP contribution in [0.4, 0.5) is 0 Å².